The van der Waals surface area contributed by atoms with Gasteiger partial charge in [0.15, 0.2) is 0 Å². The van der Waals surface area contributed by atoms with Crippen molar-refractivity contribution < 1.29 is 14.3 Å². The molecule has 0 heterocycles. The summed E-state index contributed by atoms with van der Waals surface area (Å²) in [6, 6.07) is 4.29. The number of carbonyl (C=O) groups is 1. The molecule has 1 atom stereocenters. The smallest absolute Gasteiger partial charge is 0.252 e. The first-order valence-electron chi connectivity index (χ1n) is 5.50. The third-order valence-electron chi connectivity index (χ3n) is 2.83. The second-order valence-corrected chi connectivity index (χ2v) is 5.01. The molecule has 17 heavy (non-hydrogen) atoms. The summed E-state index contributed by atoms with van der Waals surface area (Å²) >= 11 is 3.03. The van der Waals surface area contributed by atoms with Crippen LogP contribution < -0.4 is 5.32 Å². The Morgan fingerprint density at radius 1 is 1.59 bits per heavy atom. The number of nitrogens with one attached hydrogen (secondary N) is 1. The van der Waals surface area contributed by atoms with E-state index in [4.69, 9.17) is 0 Å². The zero-order chi connectivity index (χ0) is 12.4. The number of rotatable bonds is 4. The second kappa shape index (κ2) is 5.14. The highest BCUT2D eigenvalue weighted by atomic mass is 79.9. The van der Waals surface area contributed by atoms with Crippen LogP contribution in [0.2, 0.25) is 0 Å². The highest BCUT2D eigenvalue weighted by molar-refractivity contribution is 9.10. The van der Waals surface area contributed by atoms with E-state index >= 15 is 0 Å². The van der Waals surface area contributed by atoms with Gasteiger partial charge in [-0.15, -0.1) is 0 Å². The quantitative estimate of drug-likeness (QED) is 0.895. The Balaban J connectivity index is 1.96. The fourth-order valence-corrected chi connectivity index (χ4v) is 2.06. The van der Waals surface area contributed by atoms with E-state index in [1.54, 1.807) is 0 Å². The monoisotopic (exact) mass is 301 g/mol. The summed E-state index contributed by atoms with van der Waals surface area (Å²) in [5.41, 5.74) is 0.244. The highest BCUT2D eigenvalue weighted by Crippen LogP contribution is 2.32. The van der Waals surface area contributed by atoms with Gasteiger partial charge in [-0.05, 0) is 46.8 Å². The minimum absolute atomic E-state index is 0.151. The van der Waals surface area contributed by atoms with Crippen molar-refractivity contribution in [1.82, 2.24) is 5.32 Å². The molecule has 0 aromatic heterocycles. The van der Waals surface area contributed by atoms with Gasteiger partial charge in [0.1, 0.15) is 5.82 Å². The first kappa shape index (κ1) is 12.5. The van der Waals surface area contributed by atoms with Crippen molar-refractivity contribution >= 4 is 21.8 Å². The van der Waals surface area contributed by atoms with Crippen molar-refractivity contribution in [2.45, 2.75) is 18.9 Å². The largest absolute Gasteiger partial charge is 0.391 e. The van der Waals surface area contributed by atoms with Crippen molar-refractivity contribution in [3.63, 3.8) is 0 Å². The summed E-state index contributed by atoms with van der Waals surface area (Å²) in [6.07, 6.45) is 1.53. The van der Waals surface area contributed by atoms with Gasteiger partial charge in [0, 0.05) is 6.54 Å². The van der Waals surface area contributed by atoms with E-state index < -0.39 is 11.9 Å². The van der Waals surface area contributed by atoms with Crippen molar-refractivity contribution in [3.05, 3.63) is 34.1 Å². The van der Waals surface area contributed by atoms with Crippen LogP contribution in [0.5, 0.6) is 0 Å². The number of aliphatic hydroxyl groups is 1. The Morgan fingerprint density at radius 2 is 2.29 bits per heavy atom. The number of carbonyl (C=O) groups excluding carboxylic acids is 1. The van der Waals surface area contributed by atoms with Crippen LogP contribution in [-0.4, -0.2) is 23.7 Å². The van der Waals surface area contributed by atoms with Crippen LogP contribution >= 0.6 is 15.9 Å². The minimum atomic E-state index is -0.494. The lowest BCUT2D eigenvalue weighted by Crippen LogP contribution is -2.33. The molecule has 2 rings (SSSR count). The molecule has 92 valence electrons. The molecule has 1 aliphatic carbocycles. The Labute approximate surface area is 107 Å². The van der Waals surface area contributed by atoms with Gasteiger partial charge >= 0.3 is 0 Å². The zero-order valence-electron chi connectivity index (χ0n) is 9.12. The van der Waals surface area contributed by atoms with Crippen LogP contribution in [0.4, 0.5) is 4.39 Å². The maximum absolute atomic E-state index is 13.2. The van der Waals surface area contributed by atoms with Gasteiger partial charge < -0.3 is 10.4 Å². The average Bonchev–Trinajstić information content (AvgIpc) is 3.13. The first-order valence-corrected chi connectivity index (χ1v) is 6.29. The Kier molecular flexibility index (Phi) is 3.79. The van der Waals surface area contributed by atoms with Crippen LogP contribution in [0.3, 0.4) is 0 Å². The van der Waals surface area contributed by atoms with Crippen LogP contribution in [0.15, 0.2) is 22.7 Å². The minimum Gasteiger partial charge on any atom is -0.391 e. The van der Waals surface area contributed by atoms with Gasteiger partial charge in [0.2, 0.25) is 0 Å². The average molecular weight is 302 g/mol. The molecule has 2 N–H and O–H groups in total. The Bertz CT molecular complexity index is 435. The van der Waals surface area contributed by atoms with Crippen molar-refractivity contribution in [1.29, 1.82) is 0 Å². The van der Waals surface area contributed by atoms with E-state index in [1.165, 1.54) is 18.2 Å². The molecule has 3 nitrogen and oxygen atoms in total. The molecule has 0 radical (unpaired) electrons. The molecule has 1 saturated carbocycles. The maximum Gasteiger partial charge on any atom is 0.252 e. The third kappa shape index (κ3) is 3.04. The molecule has 1 aliphatic rings. The molecule has 1 unspecified atom stereocenters. The fraction of sp³-hybridized carbons (Fsp3) is 0.417. The van der Waals surface area contributed by atoms with E-state index in [-0.39, 0.29) is 22.5 Å². The highest BCUT2D eigenvalue weighted by Gasteiger charge is 2.29. The molecule has 0 spiro atoms. The van der Waals surface area contributed by atoms with Gasteiger partial charge in [-0.25, -0.2) is 4.39 Å². The van der Waals surface area contributed by atoms with E-state index in [0.717, 1.165) is 12.8 Å². The summed E-state index contributed by atoms with van der Waals surface area (Å²) in [5.74, 6) is -0.539. The summed E-state index contributed by atoms with van der Waals surface area (Å²) < 4.78 is 13.4. The lowest BCUT2D eigenvalue weighted by atomic mass is 10.2. The molecule has 1 aromatic carbocycles. The normalized spacial score (nSPS) is 16.6. The zero-order valence-corrected chi connectivity index (χ0v) is 10.7. The van der Waals surface area contributed by atoms with Gasteiger partial charge in [0.25, 0.3) is 5.91 Å². The lowest BCUT2D eigenvalue weighted by molar-refractivity contribution is 0.0900. The topological polar surface area (TPSA) is 49.3 Å². The second-order valence-electron chi connectivity index (χ2n) is 4.22. The third-order valence-corrected chi connectivity index (χ3v) is 3.64. The molecule has 0 bridgehead atoms. The summed E-state index contributed by atoms with van der Waals surface area (Å²) in [5, 5.41) is 12.2. The number of benzene rings is 1. The number of hydrogen-bond donors (Lipinski definition) is 2. The molecule has 1 aromatic rings. The van der Waals surface area contributed by atoms with Crippen LogP contribution in [0.1, 0.15) is 23.2 Å². The van der Waals surface area contributed by atoms with Crippen molar-refractivity contribution in [2.75, 3.05) is 6.54 Å². The van der Waals surface area contributed by atoms with Gasteiger partial charge in [-0.2, -0.15) is 0 Å². The fourth-order valence-electron chi connectivity index (χ4n) is 1.62. The number of halogens is 2. The molecule has 1 amide bonds. The maximum atomic E-state index is 13.2. The predicted octanol–water partition coefficient (Wildman–Crippen LogP) is 2.09. The van der Waals surface area contributed by atoms with Crippen molar-refractivity contribution in [2.24, 2.45) is 5.92 Å². The Morgan fingerprint density at radius 3 is 2.94 bits per heavy atom. The number of aliphatic hydroxyl groups excluding tert-OH is 1. The molecule has 0 aliphatic heterocycles. The van der Waals surface area contributed by atoms with Crippen LogP contribution in [0.25, 0.3) is 0 Å². The summed E-state index contributed by atoms with van der Waals surface area (Å²) in [6.45, 7) is 0.215. The summed E-state index contributed by atoms with van der Waals surface area (Å²) in [7, 11) is 0. The molecule has 1 fully saturated rings. The van der Waals surface area contributed by atoms with E-state index in [1.807, 2.05) is 0 Å². The molecular formula is C12H13BrFNO2. The van der Waals surface area contributed by atoms with Crippen molar-refractivity contribution in [3.8, 4) is 0 Å². The predicted molar refractivity (Wildman–Crippen MR) is 65.2 cm³/mol. The summed E-state index contributed by atoms with van der Waals surface area (Å²) in [4.78, 5) is 11.7. The Hall–Kier alpha value is -0.940. The molecule has 0 saturated heterocycles. The van der Waals surface area contributed by atoms with Gasteiger partial charge in [0.05, 0.1) is 16.1 Å². The van der Waals surface area contributed by atoms with Crippen LogP contribution in [-0.2, 0) is 0 Å². The van der Waals surface area contributed by atoms with E-state index in [0.29, 0.717) is 5.92 Å². The lowest BCUT2D eigenvalue weighted by Gasteiger charge is -2.11. The van der Waals surface area contributed by atoms with E-state index in [2.05, 4.69) is 21.2 Å². The number of amides is 1. The number of hydrogen-bond acceptors (Lipinski definition) is 2. The molecular weight excluding hydrogens is 289 g/mol. The molecule has 5 heteroatoms. The van der Waals surface area contributed by atoms with E-state index in [9.17, 15) is 14.3 Å². The SMILES string of the molecule is O=C(NCC(O)C1CC1)c1cccc(F)c1Br. The van der Waals surface area contributed by atoms with Crippen LogP contribution in [0, 0.1) is 11.7 Å². The first-order chi connectivity index (χ1) is 8.09. The van der Waals surface area contributed by atoms with Gasteiger partial charge in [-0.1, -0.05) is 6.07 Å². The van der Waals surface area contributed by atoms with Gasteiger partial charge in [-0.3, -0.25) is 4.79 Å². The standard InChI is InChI=1S/C12H13BrFNO2/c13-11-8(2-1-3-9(11)14)12(17)15-6-10(16)7-4-5-7/h1-3,7,10,16H,4-6H2,(H,15,17).